The molecule has 0 unspecified atom stereocenters. The van der Waals surface area contributed by atoms with E-state index >= 15 is 0 Å². The van der Waals surface area contributed by atoms with Gasteiger partial charge in [0.1, 0.15) is 5.75 Å². The van der Waals surface area contributed by atoms with Crippen LogP contribution in [0.1, 0.15) is 34.9 Å². The Morgan fingerprint density at radius 2 is 2.21 bits per heavy atom. The lowest BCUT2D eigenvalue weighted by Gasteiger charge is -2.08. The Labute approximate surface area is 110 Å². The highest BCUT2D eigenvalue weighted by Gasteiger charge is 2.29. The molecule has 5 nitrogen and oxygen atoms in total. The number of carboxylic acid groups (broad SMARTS) is 1. The first-order valence-electron chi connectivity index (χ1n) is 6.16. The van der Waals surface area contributed by atoms with E-state index in [0.29, 0.717) is 5.92 Å². The van der Waals surface area contributed by atoms with Crippen molar-refractivity contribution in [2.24, 2.45) is 0 Å². The van der Waals surface area contributed by atoms with E-state index in [-0.39, 0.29) is 5.69 Å². The molecule has 5 heteroatoms. The molecule has 0 bridgehead atoms. The summed E-state index contributed by atoms with van der Waals surface area (Å²) in [6, 6.07) is 9.13. The molecule has 19 heavy (non-hydrogen) atoms. The van der Waals surface area contributed by atoms with Crippen LogP contribution in [0.2, 0.25) is 0 Å². The molecule has 1 aromatic heterocycles. The summed E-state index contributed by atoms with van der Waals surface area (Å²) in [5, 5.41) is 13.3. The summed E-state index contributed by atoms with van der Waals surface area (Å²) in [5.41, 5.74) is 1.88. The van der Waals surface area contributed by atoms with Gasteiger partial charge in [-0.2, -0.15) is 5.10 Å². The van der Waals surface area contributed by atoms with Crippen LogP contribution in [0.5, 0.6) is 5.75 Å². The minimum absolute atomic E-state index is 0.0877. The number of hydrogen-bond acceptors (Lipinski definition) is 3. The van der Waals surface area contributed by atoms with Crippen molar-refractivity contribution in [2.45, 2.75) is 18.8 Å². The topological polar surface area (TPSA) is 64.4 Å². The molecular formula is C14H14N2O3. The summed E-state index contributed by atoms with van der Waals surface area (Å²) in [6.07, 6.45) is 2.18. The quantitative estimate of drug-likeness (QED) is 0.914. The van der Waals surface area contributed by atoms with Crippen LogP contribution >= 0.6 is 0 Å². The van der Waals surface area contributed by atoms with Gasteiger partial charge in [0.2, 0.25) is 0 Å². The van der Waals surface area contributed by atoms with E-state index in [4.69, 9.17) is 9.84 Å². The van der Waals surface area contributed by atoms with Crippen molar-refractivity contribution in [3.05, 3.63) is 41.7 Å². The zero-order valence-electron chi connectivity index (χ0n) is 10.5. The van der Waals surface area contributed by atoms with Crippen molar-refractivity contribution in [1.82, 2.24) is 9.78 Å². The van der Waals surface area contributed by atoms with Gasteiger partial charge in [-0.1, -0.05) is 6.07 Å². The number of carboxylic acids is 1. The first-order valence-corrected chi connectivity index (χ1v) is 6.16. The Morgan fingerprint density at radius 3 is 2.84 bits per heavy atom. The van der Waals surface area contributed by atoms with Crippen molar-refractivity contribution in [1.29, 1.82) is 0 Å². The van der Waals surface area contributed by atoms with Gasteiger partial charge in [-0.3, -0.25) is 0 Å². The summed E-state index contributed by atoms with van der Waals surface area (Å²) >= 11 is 0. The lowest BCUT2D eigenvalue weighted by Crippen LogP contribution is -2.03. The third kappa shape index (κ3) is 2.19. The molecule has 0 amide bonds. The second kappa shape index (κ2) is 4.42. The van der Waals surface area contributed by atoms with Crippen molar-refractivity contribution in [2.75, 3.05) is 7.11 Å². The maximum absolute atomic E-state index is 11.1. The van der Waals surface area contributed by atoms with Crippen LogP contribution in [-0.2, 0) is 0 Å². The third-order valence-electron chi connectivity index (χ3n) is 3.25. The van der Waals surface area contributed by atoms with Gasteiger partial charge in [0.05, 0.1) is 12.8 Å². The van der Waals surface area contributed by atoms with Crippen LogP contribution in [0.4, 0.5) is 0 Å². The van der Waals surface area contributed by atoms with Gasteiger partial charge >= 0.3 is 5.97 Å². The highest BCUT2D eigenvalue weighted by Crippen LogP contribution is 2.41. The van der Waals surface area contributed by atoms with Gasteiger partial charge in [-0.15, -0.1) is 0 Å². The Hall–Kier alpha value is -2.30. The van der Waals surface area contributed by atoms with Crippen molar-refractivity contribution in [3.63, 3.8) is 0 Å². The number of carbonyl (C=O) groups is 1. The molecule has 2 aromatic rings. The summed E-state index contributed by atoms with van der Waals surface area (Å²) in [6.45, 7) is 0. The lowest BCUT2D eigenvalue weighted by molar-refractivity contribution is 0.0690. The summed E-state index contributed by atoms with van der Waals surface area (Å²) in [5.74, 6) is 0.155. The number of aromatic nitrogens is 2. The molecule has 0 saturated heterocycles. The zero-order valence-corrected chi connectivity index (χ0v) is 10.5. The van der Waals surface area contributed by atoms with E-state index in [1.165, 1.54) is 0 Å². The maximum atomic E-state index is 11.1. The van der Waals surface area contributed by atoms with Gasteiger partial charge in [-0.05, 0) is 31.0 Å². The second-order valence-corrected chi connectivity index (χ2v) is 4.65. The number of methoxy groups -OCH3 is 1. The lowest BCUT2D eigenvalue weighted by atomic mass is 10.2. The number of benzene rings is 1. The predicted octanol–water partition coefficient (Wildman–Crippen LogP) is 2.46. The number of nitrogens with zero attached hydrogens (tertiary/aromatic N) is 2. The average Bonchev–Trinajstić information content (AvgIpc) is 3.17. The fourth-order valence-corrected chi connectivity index (χ4v) is 2.12. The summed E-state index contributed by atoms with van der Waals surface area (Å²) in [4.78, 5) is 11.1. The van der Waals surface area contributed by atoms with Gasteiger partial charge in [-0.25, -0.2) is 9.48 Å². The number of ether oxygens (including phenoxy) is 1. The first kappa shape index (κ1) is 11.8. The average molecular weight is 258 g/mol. The van der Waals surface area contributed by atoms with Gasteiger partial charge in [0.25, 0.3) is 0 Å². The molecule has 3 rings (SSSR count). The number of rotatable bonds is 4. The molecular weight excluding hydrogens is 244 g/mol. The zero-order chi connectivity index (χ0) is 13.4. The Balaban J connectivity index is 2.09. The van der Waals surface area contributed by atoms with Crippen LogP contribution in [-0.4, -0.2) is 28.0 Å². The number of hydrogen-bond donors (Lipinski definition) is 1. The van der Waals surface area contributed by atoms with Crippen LogP contribution in [0, 0.1) is 0 Å². The van der Waals surface area contributed by atoms with Crippen LogP contribution < -0.4 is 4.74 Å². The molecule has 0 spiro atoms. The van der Waals surface area contributed by atoms with Crippen molar-refractivity contribution in [3.8, 4) is 11.4 Å². The largest absolute Gasteiger partial charge is 0.497 e. The second-order valence-electron chi connectivity index (χ2n) is 4.65. The van der Waals surface area contributed by atoms with Crippen LogP contribution in [0.25, 0.3) is 5.69 Å². The minimum Gasteiger partial charge on any atom is -0.497 e. The molecule has 98 valence electrons. The molecule has 1 heterocycles. The Bertz CT molecular complexity index is 629. The minimum atomic E-state index is -0.997. The molecule has 0 atom stereocenters. The third-order valence-corrected chi connectivity index (χ3v) is 3.25. The van der Waals surface area contributed by atoms with E-state index < -0.39 is 5.97 Å². The maximum Gasteiger partial charge on any atom is 0.356 e. The molecule has 1 fully saturated rings. The van der Waals surface area contributed by atoms with Crippen molar-refractivity contribution < 1.29 is 14.6 Å². The highest BCUT2D eigenvalue weighted by atomic mass is 16.5. The number of aromatic carboxylic acids is 1. The Kier molecular flexibility index (Phi) is 2.74. The van der Waals surface area contributed by atoms with E-state index in [1.807, 2.05) is 24.3 Å². The summed E-state index contributed by atoms with van der Waals surface area (Å²) < 4.78 is 6.90. The molecule has 1 aliphatic carbocycles. The normalized spacial score (nSPS) is 14.4. The standard InChI is InChI=1S/C14H14N2O3/c1-19-11-4-2-3-10(7-11)16-13(9-5-6-9)8-12(15-16)14(17)18/h2-4,7-9H,5-6H2,1H3,(H,17,18). The molecule has 1 aliphatic rings. The monoisotopic (exact) mass is 258 g/mol. The van der Waals surface area contributed by atoms with Gasteiger partial charge in [0, 0.05) is 17.7 Å². The fourth-order valence-electron chi connectivity index (χ4n) is 2.12. The van der Waals surface area contributed by atoms with E-state index in [9.17, 15) is 4.79 Å². The SMILES string of the molecule is COc1cccc(-n2nc(C(=O)O)cc2C2CC2)c1. The molecule has 0 aliphatic heterocycles. The fraction of sp³-hybridized carbons (Fsp3) is 0.286. The molecule has 1 aromatic carbocycles. The van der Waals surface area contributed by atoms with E-state index in [2.05, 4.69) is 5.10 Å². The van der Waals surface area contributed by atoms with Gasteiger partial charge in [0.15, 0.2) is 5.69 Å². The molecule has 1 N–H and O–H groups in total. The Morgan fingerprint density at radius 1 is 1.42 bits per heavy atom. The van der Waals surface area contributed by atoms with Crippen LogP contribution in [0.15, 0.2) is 30.3 Å². The molecule has 0 radical (unpaired) electrons. The highest BCUT2D eigenvalue weighted by molar-refractivity contribution is 5.85. The van der Waals surface area contributed by atoms with E-state index in [1.54, 1.807) is 17.9 Å². The molecule has 1 saturated carbocycles. The van der Waals surface area contributed by atoms with Crippen molar-refractivity contribution >= 4 is 5.97 Å². The predicted molar refractivity (Wildman–Crippen MR) is 69.1 cm³/mol. The smallest absolute Gasteiger partial charge is 0.356 e. The first-order chi connectivity index (χ1) is 9.19. The summed E-state index contributed by atoms with van der Waals surface area (Å²) in [7, 11) is 1.60. The van der Waals surface area contributed by atoms with Crippen LogP contribution in [0.3, 0.4) is 0 Å². The van der Waals surface area contributed by atoms with Gasteiger partial charge < -0.3 is 9.84 Å². The van der Waals surface area contributed by atoms with E-state index in [0.717, 1.165) is 30.0 Å².